The van der Waals surface area contributed by atoms with Crippen LogP contribution < -0.4 is 11.1 Å². The van der Waals surface area contributed by atoms with Crippen molar-refractivity contribution in [3.63, 3.8) is 0 Å². The average molecular weight is 381 g/mol. The highest BCUT2D eigenvalue weighted by atomic mass is 32.1. The van der Waals surface area contributed by atoms with Crippen LogP contribution in [0.3, 0.4) is 0 Å². The Bertz CT molecular complexity index is 948. The van der Waals surface area contributed by atoms with Crippen molar-refractivity contribution in [2.24, 2.45) is 5.73 Å². The second-order valence-electron chi connectivity index (χ2n) is 5.11. The number of nitrogens with two attached hydrogens (primary N) is 1. The summed E-state index contributed by atoms with van der Waals surface area (Å²) in [4.78, 5) is 24.5. The number of benzene rings is 1. The lowest BCUT2D eigenvalue weighted by molar-refractivity contribution is -0.137. The molecule has 3 N–H and O–H groups in total. The fourth-order valence-corrected chi connectivity index (χ4v) is 2.88. The van der Waals surface area contributed by atoms with E-state index in [9.17, 15) is 22.8 Å². The minimum Gasteiger partial charge on any atom is -0.365 e. The number of amides is 2. The molecule has 0 aliphatic rings. The summed E-state index contributed by atoms with van der Waals surface area (Å²) in [6.07, 6.45) is -4.51. The van der Waals surface area contributed by atoms with Gasteiger partial charge < -0.3 is 10.3 Å². The van der Waals surface area contributed by atoms with Crippen LogP contribution in [0.15, 0.2) is 46.3 Å². The van der Waals surface area contributed by atoms with Gasteiger partial charge in [0.05, 0.1) is 10.4 Å². The van der Waals surface area contributed by atoms with Crippen molar-refractivity contribution in [3.8, 4) is 10.6 Å². The van der Waals surface area contributed by atoms with Gasteiger partial charge in [-0.3, -0.25) is 14.9 Å². The first kappa shape index (κ1) is 17.7. The summed E-state index contributed by atoms with van der Waals surface area (Å²) in [7, 11) is 0. The van der Waals surface area contributed by atoms with Gasteiger partial charge in [0.25, 0.3) is 11.8 Å². The Morgan fingerprint density at radius 2 is 1.85 bits per heavy atom. The average Bonchev–Trinajstić information content (AvgIpc) is 3.23. The van der Waals surface area contributed by atoms with E-state index in [1.807, 2.05) is 0 Å². The minimum atomic E-state index is -4.51. The molecule has 134 valence electrons. The van der Waals surface area contributed by atoms with E-state index in [0.29, 0.717) is 4.88 Å². The number of hydrogen-bond donors (Lipinski definition) is 2. The number of nitrogens with one attached hydrogen (secondary N) is 1. The van der Waals surface area contributed by atoms with Crippen molar-refractivity contribution in [2.75, 3.05) is 5.32 Å². The lowest BCUT2D eigenvalue weighted by atomic mass is 10.1. The Balaban J connectivity index is 1.87. The molecular formula is C16H10F3N3O3S. The van der Waals surface area contributed by atoms with Crippen LogP contribution in [0.2, 0.25) is 0 Å². The summed E-state index contributed by atoms with van der Waals surface area (Å²) >= 11 is 1.29. The van der Waals surface area contributed by atoms with Crippen molar-refractivity contribution >= 4 is 29.0 Å². The van der Waals surface area contributed by atoms with Gasteiger partial charge in [0, 0.05) is 5.56 Å². The highest BCUT2D eigenvalue weighted by Gasteiger charge is 2.30. The predicted octanol–water partition coefficient (Wildman–Crippen LogP) is 3.77. The molecule has 0 aliphatic heterocycles. The zero-order valence-electron chi connectivity index (χ0n) is 12.8. The van der Waals surface area contributed by atoms with E-state index in [1.165, 1.54) is 11.3 Å². The Morgan fingerprint density at radius 3 is 2.38 bits per heavy atom. The molecule has 0 bridgehead atoms. The van der Waals surface area contributed by atoms with Crippen LogP contribution in [-0.2, 0) is 6.18 Å². The number of aromatic nitrogens is 1. The maximum Gasteiger partial charge on any atom is 0.416 e. The van der Waals surface area contributed by atoms with Gasteiger partial charge in [-0.05, 0) is 35.7 Å². The van der Waals surface area contributed by atoms with E-state index in [2.05, 4.69) is 10.5 Å². The Morgan fingerprint density at radius 1 is 1.15 bits per heavy atom. The number of halogens is 3. The van der Waals surface area contributed by atoms with E-state index in [4.69, 9.17) is 10.3 Å². The molecule has 26 heavy (non-hydrogen) atoms. The third kappa shape index (κ3) is 3.45. The Kier molecular flexibility index (Phi) is 4.51. The third-order valence-electron chi connectivity index (χ3n) is 3.39. The highest BCUT2D eigenvalue weighted by Crippen LogP contribution is 2.32. The molecule has 3 aromatic rings. The molecule has 0 fully saturated rings. The van der Waals surface area contributed by atoms with Crippen LogP contribution in [0, 0.1) is 0 Å². The number of carbonyl (C=O) groups is 2. The van der Waals surface area contributed by atoms with Gasteiger partial charge in [0.2, 0.25) is 5.88 Å². The van der Waals surface area contributed by atoms with Crippen LogP contribution in [-0.4, -0.2) is 17.0 Å². The van der Waals surface area contributed by atoms with Crippen LogP contribution in [0.5, 0.6) is 0 Å². The van der Waals surface area contributed by atoms with E-state index in [1.54, 1.807) is 17.5 Å². The van der Waals surface area contributed by atoms with Gasteiger partial charge in [-0.2, -0.15) is 13.2 Å². The molecule has 0 saturated carbocycles. The SMILES string of the molecule is NC(=O)c1c(-c2cccs2)noc1NC(=O)c1ccc(C(F)(F)F)cc1. The molecule has 2 heterocycles. The molecule has 0 unspecified atom stereocenters. The largest absolute Gasteiger partial charge is 0.416 e. The van der Waals surface area contributed by atoms with Gasteiger partial charge in [0.15, 0.2) is 0 Å². The smallest absolute Gasteiger partial charge is 0.365 e. The maximum atomic E-state index is 12.6. The van der Waals surface area contributed by atoms with Gasteiger partial charge in [0.1, 0.15) is 11.3 Å². The summed E-state index contributed by atoms with van der Waals surface area (Å²) in [6.45, 7) is 0. The topological polar surface area (TPSA) is 98.2 Å². The molecular weight excluding hydrogens is 371 g/mol. The Hall–Kier alpha value is -3.14. The van der Waals surface area contributed by atoms with Crippen molar-refractivity contribution in [1.29, 1.82) is 0 Å². The molecule has 0 radical (unpaired) electrons. The fourth-order valence-electron chi connectivity index (χ4n) is 2.17. The summed E-state index contributed by atoms with van der Waals surface area (Å²) in [6, 6.07) is 7.01. The molecule has 0 spiro atoms. The number of rotatable bonds is 4. The normalized spacial score (nSPS) is 11.3. The Labute approximate surface area is 148 Å². The maximum absolute atomic E-state index is 12.6. The van der Waals surface area contributed by atoms with E-state index in [0.717, 1.165) is 24.3 Å². The molecule has 1 aromatic carbocycles. The van der Waals surface area contributed by atoms with Crippen LogP contribution in [0.25, 0.3) is 10.6 Å². The molecule has 0 atom stereocenters. The second kappa shape index (κ2) is 6.64. The zero-order chi connectivity index (χ0) is 18.9. The molecule has 2 amide bonds. The first-order valence-electron chi connectivity index (χ1n) is 7.09. The number of thiophene rings is 1. The number of alkyl halides is 3. The van der Waals surface area contributed by atoms with Gasteiger partial charge in [-0.1, -0.05) is 11.2 Å². The van der Waals surface area contributed by atoms with Crippen molar-refractivity contribution < 1.29 is 27.3 Å². The van der Waals surface area contributed by atoms with Crippen LogP contribution in [0.4, 0.5) is 19.1 Å². The molecule has 0 aliphatic carbocycles. The van der Waals surface area contributed by atoms with Gasteiger partial charge >= 0.3 is 6.18 Å². The zero-order valence-corrected chi connectivity index (χ0v) is 13.6. The van der Waals surface area contributed by atoms with Crippen LogP contribution in [0.1, 0.15) is 26.3 Å². The highest BCUT2D eigenvalue weighted by molar-refractivity contribution is 7.13. The van der Waals surface area contributed by atoms with Crippen molar-refractivity contribution in [2.45, 2.75) is 6.18 Å². The van der Waals surface area contributed by atoms with Crippen molar-refractivity contribution in [3.05, 3.63) is 58.5 Å². The molecule has 2 aromatic heterocycles. The minimum absolute atomic E-state index is 0.0532. The summed E-state index contributed by atoms with van der Waals surface area (Å²) in [5, 5.41) is 7.81. The van der Waals surface area contributed by atoms with Gasteiger partial charge in [-0.25, -0.2) is 0 Å². The number of hydrogen-bond acceptors (Lipinski definition) is 5. The number of carbonyl (C=O) groups excluding carboxylic acids is 2. The lowest BCUT2D eigenvalue weighted by Gasteiger charge is -2.07. The van der Waals surface area contributed by atoms with Crippen molar-refractivity contribution in [1.82, 2.24) is 5.16 Å². The lowest BCUT2D eigenvalue weighted by Crippen LogP contribution is -2.17. The predicted molar refractivity (Wildman–Crippen MR) is 87.7 cm³/mol. The van der Waals surface area contributed by atoms with Crippen LogP contribution >= 0.6 is 11.3 Å². The number of primary amides is 1. The first-order valence-corrected chi connectivity index (χ1v) is 7.97. The summed E-state index contributed by atoms with van der Waals surface area (Å²) in [5.74, 6) is -1.90. The fraction of sp³-hybridized carbons (Fsp3) is 0.0625. The monoisotopic (exact) mass is 381 g/mol. The standard InChI is InChI=1S/C16H10F3N3O3S/c17-16(18,19)9-5-3-8(4-6-9)14(24)21-15-11(13(20)23)12(22-25-15)10-2-1-7-26-10/h1-7H,(H2,20,23)(H,21,24). The number of nitrogens with zero attached hydrogens (tertiary/aromatic N) is 1. The summed E-state index contributed by atoms with van der Waals surface area (Å²) < 4.78 is 42.7. The quantitative estimate of drug-likeness (QED) is 0.719. The summed E-state index contributed by atoms with van der Waals surface area (Å²) in [5.41, 5.74) is 4.46. The van der Waals surface area contributed by atoms with E-state index >= 15 is 0 Å². The third-order valence-corrected chi connectivity index (χ3v) is 4.27. The second-order valence-corrected chi connectivity index (χ2v) is 6.05. The number of anilines is 1. The molecule has 3 rings (SSSR count). The first-order chi connectivity index (χ1) is 12.3. The molecule has 10 heteroatoms. The van der Waals surface area contributed by atoms with E-state index < -0.39 is 23.6 Å². The van der Waals surface area contributed by atoms with E-state index in [-0.39, 0.29) is 22.7 Å². The van der Waals surface area contributed by atoms with Gasteiger partial charge in [-0.15, -0.1) is 11.3 Å². The molecule has 6 nitrogen and oxygen atoms in total. The molecule has 0 saturated heterocycles.